The third-order valence-electron chi connectivity index (χ3n) is 4.31. The molecule has 0 heterocycles. The second-order valence-electron chi connectivity index (χ2n) is 6.38. The molecule has 0 saturated heterocycles. The van der Waals surface area contributed by atoms with E-state index in [2.05, 4.69) is 18.3 Å². The maximum Gasteiger partial charge on any atom is 0.339 e. The lowest BCUT2D eigenvalue weighted by atomic mass is 10.1. The Labute approximate surface area is 179 Å². The number of nitrogens with zero attached hydrogens (tertiary/aromatic N) is 1. The van der Waals surface area contributed by atoms with Crippen molar-refractivity contribution in [2.75, 3.05) is 11.9 Å². The summed E-state index contributed by atoms with van der Waals surface area (Å²) in [6.07, 6.45) is 0.919. The van der Waals surface area contributed by atoms with Gasteiger partial charge in [0.25, 0.3) is 5.91 Å². The minimum absolute atomic E-state index is 0.343. The van der Waals surface area contributed by atoms with Gasteiger partial charge in [-0.2, -0.15) is 5.26 Å². The molecule has 5 nitrogen and oxygen atoms in total. The molecule has 0 bridgehead atoms. The zero-order valence-corrected chi connectivity index (χ0v) is 17.2. The zero-order valence-electron chi connectivity index (χ0n) is 16.4. The van der Waals surface area contributed by atoms with E-state index in [1.54, 1.807) is 36.4 Å². The lowest BCUT2D eigenvalue weighted by Crippen LogP contribution is -2.21. The molecule has 3 aromatic rings. The van der Waals surface area contributed by atoms with Crippen molar-refractivity contribution >= 4 is 29.3 Å². The molecule has 6 heteroatoms. The van der Waals surface area contributed by atoms with Crippen LogP contribution in [0.25, 0.3) is 0 Å². The highest BCUT2D eigenvalue weighted by Gasteiger charge is 2.16. The maximum atomic E-state index is 12.6. The molecule has 150 valence electrons. The second-order valence-corrected chi connectivity index (χ2v) is 7.46. The van der Waals surface area contributed by atoms with Crippen LogP contribution in [-0.4, -0.2) is 18.5 Å². The van der Waals surface area contributed by atoms with Gasteiger partial charge in [0.15, 0.2) is 6.61 Å². The van der Waals surface area contributed by atoms with E-state index in [1.165, 1.54) is 17.3 Å². The SMILES string of the molecule is CCc1ccc(NC(=O)COC(=O)c2ccccc2Sc2ccccc2C#N)cc1. The fourth-order valence-electron chi connectivity index (χ4n) is 2.72. The summed E-state index contributed by atoms with van der Waals surface area (Å²) in [4.78, 5) is 26.1. The monoisotopic (exact) mass is 416 g/mol. The lowest BCUT2D eigenvalue weighted by molar-refractivity contribution is -0.119. The molecule has 0 unspecified atom stereocenters. The van der Waals surface area contributed by atoms with Crippen molar-refractivity contribution in [1.29, 1.82) is 5.26 Å². The number of aryl methyl sites for hydroxylation is 1. The summed E-state index contributed by atoms with van der Waals surface area (Å²) in [6.45, 7) is 1.67. The Bertz CT molecular complexity index is 1090. The molecule has 0 aromatic heterocycles. The number of hydrogen-bond acceptors (Lipinski definition) is 5. The number of rotatable bonds is 7. The summed E-state index contributed by atoms with van der Waals surface area (Å²) in [5.74, 6) is -1.00. The summed E-state index contributed by atoms with van der Waals surface area (Å²) in [7, 11) is 0. The average molecular weight is 417 g/mol. The fourth-order valence-corrected chi connectivity index (χ4v) is 3.74. The summed E-state index contributed by atoms with van der Waals surface area (Å²) in [6, 6.07) is 23.8. The highest BCUT2D eigenvalue weighted by atomic mass is 32.2. The van der Waals surface area contributed by atoms with Gasteiger partial charge in [0, 0.05) is 15.5 Å². The first-order valence-corrected chi connectivity index (χ1v) is 10.2. The van der Waals surface area contributed by atoms with Gasteiger partial charge in [-0.25, -0.2) is 4.79 Å². The van der Waals surface area contributed by atoms with Gasteiger partial charge >= 0.3 is 5.97 Å². The molecule has 0 fully saturated rings. The summed E-state index contributed by atoms with van der Waals surface area (Å²) in [5.41, 5.74) is 2.69. The van der Waals surface area contributed by atoms with Crippen molar-refractivity contribution in [3.05, 3.63) is 89.5 Å². The average Bonchev–Trinajstić information content (AvgIpc) is 2.78. The van der Waals surface area contributed by atoms with E-state index < -0.39 is 11.9 Å². The first kappa shape index (κ1) is 21.2. The number of benzene rings is 3. The standard InChI is InChI=1S/C24H20N2O3S/c1-2-17-11-13-19(14-12-17)26-23(27)16-29-24(28)20-8-4-6-10-22(20)30-21-9-5-3-7-18(21)15-25/h3-14H,2,16H2,1H3,(H,26,27). The van der Waals surface area contributed by atoms with Crippen LogP contribution in [0.3, 0.4) is 0 Å². The van der Waals surface area contributed by atoms with Crippen molar-refractivity contribution in [3.8, 4) is 6.07 Å². The molecule has 1 amide bonds. The van der Waals surface area contributed by atoms with Crippen molar-refractivity contribution in [3.63, 3.8) is 0 Å². The van der Waals surface area contributed by atoms with Gasteiger partial charge in [-0.1, -0.05) is 55.1 Å². The van der Waals surface area contributed by atoms with Crippen LogP contribution in [0.5, 0.6) is 0 Å². The van der Waals surface area contributed by atoms with E-state index in [9.17, 15) is 14.9 Å². The fraction of sp³-hybridized carbons (Fsp3) is 0.125. The van der Waals surface area contributed by atoms with Crippen LogP contribution in [0.4, 0.5) is 5.69 Å². The van der Waals surface area contributed by atoms with Crippen LogP contribution in [-0.2, 0) is 16.0 Å². The Morgan fingerprint density at radius 2 is 1.63 bits per heavy atom. The number of nitrogens with one attached hydrogen (secondary N) is 1. The Morgan fingerprint density at radius 1 is 0.967 bits per heavy atom. The molecule has 0 atom stereocenters. The van der Waals surface area contributed by atoms with Gasteiger partial charge in [0.1, 0.15) is 6.07 Å². The van der Waals surface area contributed by atoms with Crippen molar-refractivity contribution < 1.29 is 14.3 Å². The van der Waals surface area contributed by atoms with E-state index >= 15 is 0 Å². The number of amides is 1. The molecule has 0 spiro atoms. The molecular formula is C24H20N2O3S. The van der Waals surface area contributed by atoms with Crippen LogP contribution in [0.15, 0.2) is 82.6 Å². The highest BCUT2D eigenvalue weighted by Crippen LogP contribution is 2.32. The minimum Gasteiger partial charge on any atom is -0.452 e. The summed E-state index contributed by atoms with van der Waals surface area (Å²) < 4.78 is 5.21. The number of ether oxygens (including phenoxy) is 1. The van der Waals surface area contributed by atoms with Crippen LogP contribution >= 0.6 is 11.8 Å². The molecule has 0 aliphatic heterocycles. The number of carbonyl (C=O) groups excluding carboxylic acids is 2. The van der Waals surface area contributed by atoms with Gasteiger partial charge in [-0.05, 0) is 48.4 Å². The Kier molecular flexibility index (Phi) is 7.25. The molecular weight excluding hydrogens is 396 g/mol. The predicted octanol–water partition coefficient (Wildman–Crippen LogP) is 5.07. The predicted molar refractivity (Wildman–Crippen MR) is 116 cm³/mol. The highest BCUT2D eigenvalue weighted by molar-refractivity contribution is 7.99. The zero-order chi connectivity index (χ0) is 21.3. The largest absolute Gasteiger partial charge is 0.452 e. The van der Waals surface area contributed by atoms with E-state index in [0.29, 0.717) is 21.7 Å². The molecule has 0 aliphatic rings. The molecule has 3 rings (SSSR count). The van der Waals surface area contributed by atoms with Crippen LogP contribution in [0, 0.1) is 11.3 Å². The van der Waals surface area contributed by atoms with Crippen molar-refractivity contribution in [2.24, 2.45) is 0 Å². The van der Waals surface area contributed by atoms with Crippen molar-refractivity contribution in [2.45, 2.75) is 23.1 Å². The smallest absolute Gasteiger partial charge is 0.339 e. The second kappa shape index (κ2) is 10.3. The molecule has 1 N–H and O–H groups in total. The summed E-state index contributed by atoms with van der Waals surface area (Å²) in [5, 5.41) is 12.0. The van der Waals surface area contributed by atoms with Gasteiger partial charge in [-0.3, -0.25) is 4.79 Å². The van der Waals surface area contributed by atoms with E-state index in [0.717, 1.165) is 11.3 Å². The van der Waals surface area contributed by atoms with E-state index in [4.69, 9.17) is 4.74 Å². The third-order valence-corrected chi connectivity index (χ3v) is 5.47. The Balaban J connectivity index is 1.64. The summed E-state index contributed by atoms with van der Waals surface area (Å²) >= 11 is 1.31. The topological polar surface area (TPSA) is 79.2 Å². The quantitative estimate of drug-likeness (QED) is 0.544. The Hall–Kier alpha value is -3.56. The number of hydrogen-bond donors (Lipinski definition) is 1. The maximum absolute atomic E-state index is 12.6. The molecule has 0 radical (unpaired) electrons. The molecule has 3 aromatic carbocycles. The van der Waals surface area contributed by atoms with Crippen LogP contribution < -0.4 is 5.32 Å². The van der Waals surface area contributed by atoms with Gasteiger partial charge in [-0.15, -0.1) is 0 Å². The van der Waals surface area contributed by atoms with Gasteiger partial charge in [0.2, 0.25) is 0 Å². The van der Waals surface area contributed by atoms with Crippen molar-refractivity contribution in [1.82, 2.24) is 0 Å². The molecule has 30 heavy (non-hydrogen) atoms. The number of anilines is 1. The minimum atomic E-state index is -0.594. The first-order chi connectivity index (χ1) is 14.6. The number of esters is 1. The number of carbonyl (C=O) groups is 2. The molecule has 0 saturated carbocycles. The third kappa shape index (κ3) is 5.49. The number of nitriles is 1. The van der Waals surface area contributed by atoms with E-state index in [-0.39, 0.29) is 6.61 Å². The van der Waals surface area contributed by atoms with E-state index in [1.807, 2.05) is 36.4 Å². The van der Waals surface area contributed by atoms with Gasteiger partial charge in [0.05, 0.1) is 11.1 Å². The molecule has 0 aliphatic carbocycles. The lowest BCUT2D eigenvalue weighted by Gasteiger charge is -2.10. The Morgan fingerprint density at radius 3 is 2.33 bits per heavy atom. The first-order valence-electron chi connectivity index (χ1n) is 9.42. The normalized spacial score (nSPS) is 10.1. The van der Waals surface area contributed by atoms with Crippen LogP contribution in [0.2, 0.25) is 0 Å². The van der Waals surface area contributed by atoms with Gasteiger partial charge < -0.3 is 10.1 Å². The van der Waals surface area contributed by atoms with Crippen LogP contribution in [0.1, 0.15) is 28.4 Å².